The molecule has 7 N–H and O–H groups in total. The van der Waals surface area contributed by atoms with E-state index in [-0.39, 0.29) is 18.7 Å². The van der Waals surface area contributed by atoms with Crippen LogP contribution < -0.4 is 22.1 Å². The Kier molecular flexibility index (Phi) is 5.87. The Hall–Kier alpha value is -3.10. The summed E-state index contributed by atoms with van der Waals surface area (Å²) in [5.74, 6) is -4.29. The zero-order valence-corrected chi connectivity index (χ0v) is 11.5. The average Bonchev–Trinajstić information content (AvgIpc) is 2.46. The minimum Gasteiger partial charge on any atom is -0.508 e. The minimum atomic E-state index is -1.17. The largest absolute Gasteiger partial charge is 0.508 e. The molecule has 9 nitrogen and oxygen atoms in total. The standard InChI is InChI=1S/C13H16N4O5/c14-10(19)12(21)16-6-8(17-13(22)11(15)20)5-7-1-3-9(18)4-2-7/h1-4,8,18H,5-6H2,(H2,14,19)(H2,15,20)(H,16,21)(H,17,22). The number of rotatable bonds is 5. The number of phenols is 1. The Morgan fingerprint density at radius 1 is 1.00 bits per heavy atom. The average molecular weight is 308 g/mol. The van der Waals surface area contributed by atoms with Gasteiger partial charge < -0.3 is 27.2 Å². The summed E-state index contributed by atoms with van der Waals surface area (Å²) < 4.78 is 0. The Bertz CT molecular complexity index is 585. The molecule has 0 radical (unpaired) electrons. The molecule has 0 aliphatic rings. The molecule has 0 saturated carbocycles. The van der Waals surface area contributed by atoms with E-state index in [1.807, 2.05) is 0 Å². The van der Waals surface area contributed by atoms with Crippen molar-refractivity contribution in [1.29, 1.82) is 0 Å². The number of hydrogen-bond donors (Lipinski definition) is 5. The molecular weight excluding hydrogens is 292 g/mol. The molecule has 0 fully saturated rings. The number of primary amides is 2. The maximum absolute atomic E-state index is 11.3. The first-order valence-electron chi connectivity index (χ1n) is 6.25. The number of phenolic OH excluding ortho intramolecular Hbond substituents is 1. The molecule has 0 aliphatic heterocycles. The first kappa shape index (κ1) is 17.0. The molecule has 9 heteroatoms. The first-order valence-corrected chi connectivity index (χ1v) is 6.25. The molecule has 1 aromatic rings. The number of carbonyl (C=O) groups excluding carboxylic acids is 4. The summed E-state index contributed by atoms with van der Waals surface area (Å²) in [5, 5.41) is 13.8. The van der Waals surface area contributed by atoms with E-state index in [0.29, 0.717) is 0 Å². The van der Waals surface area contributed by atoms with Crippen LogP contribution in [0.2, 0.25) is 0 Å². The number of nitrogens with one attached hydrogen (secondary N) is 2. The van der Waals surface area contributed by atoms with E-state index in [9.17, 15) is 24.3 Å². The van der Waals surface area contributed by atoms with Gasteiger partial charge in [0.05, 0.1) is 6.04 Å². The summed E-state index contributed by atoms with van der Waals surface area (Å²) in [6.07, 6.45) is 0.234. The highest BCUT2D eigenvalue weighted by atomic mass is 16.3. The van der Waals surface area contributed by atoms with Gasteiger partial charge in [-0.1, -0.05) is 12.1 Å². The van der Waals surface area contributed by atoms with Gasteiger partial charge in [-0.05, 0) is 24.1 Å². The van der Waals surface area contributed by atoms with Gasteiger partial charge in [0.15, 0.2) is 0 Å². The van der Waals surface area contributed by atoms with E-state index >= 15 is 0 Å². The van der Waals surface area contributed by atoms with E-state index in [2.05, 4.69) is 10.6 Å². The van der Waals surface area contributed by atoms with Gasteiger partial charge >= 0.3 is 23.6 Å². The van der Waals surface area contributed by atoms with Gasteiger partial charge in [0.2, 0.25) is 0 Å². The minimum absolute atomic E-state index is 0.0727. The van der Waals surface area contributed by atoms with E-state index in [1.165, 1.54) is 12.1 Å². The van der Waals surface area contributed by atoms with Gasteiger partial charge in [0, 0.05) is 6.54 Å². The van der Waals surface area contributed by atoms with Crippen molar-refractivity contribution < 1.29 is 24.3 Å². The fraction of sp³-hybridized carbons (Fsp3) is 0.231. The molecule has 22 heavy (non-hydrogen) atoms. The summed E-state index contributed by atoms with van der Waals surface area (Å²) in [4.78, 5) is 43.9. The lowest BCUT2D eigenvalue weighted by Crippen LogP contribution is -2.50. The van der Waals surface area contributed by atoms with Crippen molar-refractivity contribution in [3.05, 3.63) is 29.8 Å². The molecule has 118 valence electrons. The smallest absolute Gasteiger partial charge is 0.309 e. The van der Waals surface area contributed by atoms with Gasteiger partial charge in [0.25, 0.3) is 0 Å². The van der Waals surface area contributed by atoms with Gasteiger partial charge in [-0.3, -0.25) is 19.2 Å². The number of nitrogens with two attached hydrogens (primary N) is 2. The van der Waals surface area contributed by atoms with E-state index in [4.69, 9.17) is 11.5 Å². The fourth-order valence-corrected chi connectivity index (χ4v) is 1.65. The first-order chi connectivity index (χ1) is 10.3. The molecule has 0 bridgehead atoms. The molecule has 0 aromatic heterocycles. The van der Waals surface area contributed by atoms with E-state index < -0.39 is 29.7 Å². The molecule has 0 aliphatic carbocycles. The molecule has 1 aromatic carbocycles. The second kappa shape index (κ2) is 7.62. The lowest BCUT2D eigenvalue weighted by Gasteiger charge is -2.18. The topological polar surface area (TPSA) is 165 Å². The predicted molar refractivity (Wildman–Crippen MR) is 75.1 cm³/mol. The number of hydrogen-bond acceptors (Lipinski definition) is 5. The molecule has 0 saturated heterocycles. The van der Waals surface area contributed by atoms with Crippen LogP contribution >= 0.6 is 0 Å². The Labute approximate surface area is 125 Å². The summed E-state index contributed by atoms with van der Waals surface area (Å²) in [6.45, 7) is -0.123. The highest BCUT2D eigenvalue weighted by Crippen LogP contribution is 2.11. The van der Waals surface area contributed by atoms with Crippen molar-refractivity contribution in [2.24, 2.45) is 11.5 Å². The third-order valence-electron chi connectivity index (χ3n) is 2.71. The van der Waals surface area contributed by atoms with Crippen molar-refractivity contribution in [2.45, 2.75) is 12.5 Å². The SMILES string of the molecule is NC(=O)C(=O)NCC(Cc1ccc(O)cc1)NC(=O)C(N)=O. The van der Waals surface area contributed by atoms with Crippen molar-refractivity contribution in [3.63, 3.8) is 0 Å². The summed E-state index contributed by atoms with van der Waals surface area (Å²) >= 11 is 0. The van der Waals surface area contributed by atoms with Gasteiger partial charge in [-0.15, -0.1) is 0 Å². The summed E-state index contributed by atoms with van der Waals surface area (Å²) in [5.41, 5.74) is 10.4. The van der Waals surface area contributed by atoms with Gasteiger partial charge in [-0.25, -0.2) is 0 Å². The second-order valence-corrected chi connectivity index (χ2v) is 4.48. The van der Waals surface area contributed by atoms with Crippen LogP contribution in [0.1, 0.15) is 5.56 Å². The summed E-state index contributed by atoms with van der Waals surface area (Å²) in [6, 6.07) is 5.42. The fourth-order valence-electron chi connectivity index (χ4n) is 1.65. The van der Waals surface area contributed by atoms with Crippen LogP contribution in [0.4, 0.5) is 0 Å². The number of amides is 4. The van der Waals surface area contributed by atoms with Crippen molar-refractivity contribution in [3.8, 4) is 5.75 Å². The zero-order chi connectivity index (χ0) is 16.7. The maximum Gasteiger partial charge on any atom is 0.309 e. The Morgan fingerprint density at radius 3 is 2.05 bits per heavy atom. The van der Waals surface area contributed by atoms with Crippen LogP contribution in [0.25, 0.3) is 0 Å². The number of carbonyl (C=O) groups is 4. The third-order valence-corrected chi connectivity index (χ3v) is 2.71. The van der Waals surface area contributed by atoms with Crippen molar-refractivity contribution >= 4 is 23.6 Å². The van der Waals surface area contributed by atoms with E-state index in [0.717, 1.165) is 5.56 Å². The normalized spacial score (nSPS) is 11.3. The van der Waals surface area contributed by atoms with E-state index in [1.54, 1.807) is 12.1 Å². The number of aromatic hydroxyl groups is 1. The second-order valence-electron chi connectivity index (χ2n) is 4.48. The van der Waals surface area contributed by atoms with Crippen LogP contribution in [0, 0.1) is 0 Å². The van der Waals surface area contributed by atoms with Gasteiger partial charge in [0.1, 0.15) is 5.75 Å². The number of benzene rings is 1. The predicted octanol–water partition coefficient (Wildman–Crippen LogP) is -2.49. The lowest BCUT2D eigenvalue weighted by molar-refractivity contribution is -0.138. The molecule has 1 rings (SSSR count). The van der Waals surface area contributed by atoms with Crippen LogP contribution in [0.3, 0.4) is 0 Å². The Morgan fingerprint density at radius 2 is 1.55 bits per heavy atom. The third kappa shape index (κ3) is 5.49. The highest BCUT2D eigenvalue weighted by Gasteiger charge is 2.18. The highest BCUT2D eigenvalue weighted by molar-refractivity contribution is 6.35. The summed E-state index contributed by atoms with van der Waals surface area (Å²) in [7, 11) is 0. The maximum atomic E-state index is 11.3. The van der Waals surface area contributed by atoms with Crippen LogP contribution in [-0.2, 0) is 25.6 Å². The monoisotopic (exact) mass is 308 g/mol. The van der Waals surface area contributed by atoms with Crippen molar-refractivity contribution in [1.82, 2.24) is 10.6 Å². The zero-order valence-electron chi connectivity index (χ0n) is 11.5. The van der Waals surface area contributed by atoms with Crippen LogP contribution in [0.15, 0.2) is 24.3 Å². The lowest BCUT2D eigenvalue weighted by atomic mass is 10.1. The molecule has 0 heterocycles. The van der Waals surface area contributed by atoms with Crippen LogP contribution in [0.5, 0.6) is 5.75 Å². The van der Waals surface area contributed by atoms with Gasteiger partial charge in [-0.2, -0.15) is 0 Å². The molecule has 0 spiro atoms. The molecule has 1 unspecified atom stereocenters. The molecule has 1 atom stereocenters. The Balaban J connectivity index is 2.74. The van der Waals surface area contributed by atoms with Crippen LogP contribution in [-0.4, -0.2) is 41.3 Å². The quantitative estimate of drug-likeness (QED) is 0.379. The molecule has 4 amide bonds. The molecular formula is C13H16N4O5. The van der Waals surface area contributed by atoms with Crippen molar-refractivity contribution in [2.75, 3.05) is 6.54 Å².